The number of aromatic nitrogens is 1. The van der Waals surface area contributed by atoms with Gasteiger partial charge < -0.3 is 19.7 Å². The van der Waals surface area contributed by atoms with Crippen LogP contribution in [0.5, 0.6) is 5.75 Å². The molecule has 0 amide bonds. The molecule has 2 rings (SSSR count). The van der Waals surface area contributed by atoms with Gasteiger partial charge in [0, 0.05) is 5.56 Å². The summed E-state index contributed by atoms with van der Waals surface area (Å²) in [6, 6.07) is 7.01. The van der Waals surface area contributed by atoms with Crippen molar-refractivity contribution in [1.82, 2.24) is 5.16 Å². The lowest BCUT2D eigenvalue weighted by molar-refractivity contribution is 0.0602. The standard InChI is InChI=1S/C12H12N2O4/c1-16-8-5-3-7(4-6-8)10-9(12(15)17-2)11(13)18-14-10/h3-6H,13H2,1-2H3. The van der Waals surface area contributed by atoms with Gasteiger partial charge in [-0.1, -0.05) is 5.16 Å². The van der Waals surface area contributed by atoms with Crippen molar-refractivity contribution >= 4 is 11.9 Å². The minimum absolute atomic E-state index is 0.0623. The van der Waals surface area contributed by atoms with Gasteiger partial charge in [-0.05, 0) is 24.3 Å². The van der Waals surface area contributed by atoms with Gasteiger partial charge in [0.25, 0.3) is 0 Å². The number of nitrogens with two attached hydrogens (primary N) is 1. The van der Waals surface area contributed by atoms with E-state index >= 15 is 0 Å². The SMILES string of the molecule is COC(=O)c1c(-c2ccc(OC)cc2)noc1N. The molecule has 0 aliphatic heterocycles. The molecule has 1 aromatic heterocycles. The summed E-state index contributed by atoms with van der Waals surface area (Å²) < 4.78 is 14.5. The highest BCUT2D eigenvalue weighted by Gasteiger charge is 2.22. The number of carbonyl (C=O) groups is 1. The van der Waals surface area contributed by atoms with E-state index in [4.69, 9.17) is 15.0 Å². The summed E-state index contributed by atoms with van der Waals surface area (Å²) in [5.41, 5.74) is 6.72. The topological polar surface area (TPSA) is 87.6 Å². The third kappa shape index (κ3) is 2.00. The Kier molecular flexibility index (Phi) is 3.18. The Morgan fingerprint density at radius 1 is 1.28 bits per heavy atom. The van der Waals surface area contributed by atoms with Crippen molar-refractivity contribution in [2.24, 2.45) is 0 Å². The van der Waals surface area contributed by atoms with Crippen molar-refractivity contribution in [3.05, 3.63) is 29.8 Å². The van der Waals surface area contributed by atoms with E-state index < -0.39 is 5.97 Å². The Bertz CT molecular complexity index is 560. The van der Waals surface area contributed by atoms with Crippen molar-refractivity contribution in [3.63, 3.8) is 0 Å². The van der Waals surface area contributed by atoms with E-state index in [1.807, 2.05) is 0 Å². The van der Waals surface area contributed by atoms with E-state index in [2.05, 4.69) is 9.89 Å². The third-order valence-corrected chi connectivity index (χ3v) is 2.47. The molecule has 0 aliphatic rings. The smallest absolute Gasteiger partial charge is 0.345 e. The maximum absolute atomic E-state index is 11.6. The second-order valence-corrected chi connectivity index (χ2v) is 3.49. The van der Waals surface area contributed by atoms with E-state index in [0.717, 1.165) is 0 Å². The van der Waals surface area contributed by atoms with Crippen LogP contribution in [0.15, 0.2) is 28.8 Å². The Labute approximate surface area is 103 Å². The second kappa shape index (κ2) is 4.79. The lowest BCUT2D eigenvalue weighted by Crippen LogP contribution is -2.04. The van der Waals surface area contributed by atoms with Crippen LogP contribution in [-0.4, -0.2) is 25.3 Å². The Morgan fingerprint density at radius 2 is 1.94 bits per heavy atom. The van der Waals surface area contributed by atoms with E-state index in [-0.39, 0.29) is 11.4 Å². The van der Waals surface area contributed by atoms with Crippen LogP contribution in [0.1, 0.15) is 10.4 Å². The number of nitrogens with zero attached hydrogens (tertiary/aromatic N) is 1. The summed E-state index contributed by atoms with van der Waals surface area (Å²) in [6.45, 7) is 0. The van der Waals surface area contributed by atoms with Crippen molar-refractivity contribution in [2.75, 3.05) is 20.0 Å². The molecular weight excluding hydrogens is 236 g/mol. The summed E-state index contributed by atoms with van der Waals surface area (Å²) in [5.74, 6) is 0.0575. The zero-order valence-corrected chi connectivity index (χ0v) is 9.97. The molecule has 94 valence electrons. The number of nitrogen functional groups attached to an aromatic ring is 1. The average Bonchev–Trinajstić information content (AvgIpc) is 2.80. The number of anilines is 1. The first kappa shape index (κ1) is 12.0. The molecule has 0 saturated heterocycles. The van der Waals surface area contributed by atoms with Crippen LogP contribution in [0.4, 0.5) is 5.88 Å². The van der Waals surface area contributed by atoms with Crippen LogP contribution in [0, 0.1) is 0 Å². The van der Waals surface area contributed by atoms with Gasteiger partial charge in [0.05, 0.1) is 14.2 Å². The number of methoxy groups -OCH3 is 2. The minimum atomic E-state index is -0.584. The van der Waals surface area contributed by atoms with Gasteiger partial charge in [0.2, 0.25) is 5.88 Å². The van der Waals surface area contributed by atoms with Crippen LogP contribution in [-0.2, 0) is 4.74 Å². The number of benzene rings is 1. The Morgan fingerprint density at radius 3 is 2.50 bits per heavy atom. The molecule has 0 spiro atoms. The van der Waals surface area contributed by atoms with E-state index in [1.54, 1.807) is 31.4 Å². The number of hydrogen-bond acceptors (Lipinski definition) is 6. The average molecular weight is 248 g/mol. The third-order valence-electron chi connectivity index (χ3n) is 2.47. The lowest BCUT2D eigenvalue weighted by Gasteiger charge is -2.02. The molecule has 0 atom stereocenters. The van der Waals surface area contributed by atoms with Gasteiger partial charge in [-0.3, -0.25) is 0 Å². The second-order valence-electron chi connectivity index (χ2n) is 3.49. The Hall–Kier alpha value is -2.50. The molecule has 0 radical (unpaired) electrons. The molecule has 0 bridgehead atoms. The summed E-state index contributed by atoms with van der Waals surface area (Å²) in [5, 5.41) is 3.77. The largest absolute Gasteiger partial charge is 0.497 e. The number of ether oxygens (including phenoxy) is 2. The highest BCUT2D eigenvalue weighted by molar-refractivity contribution is 6.00. The van der Waals surface area contributed by atoms with Crippen molar-refractivity contribution in [3.8, 4) is 17.0 Å². The monoisotopic (exact) mass is 248 g/mol. The molecule has 6 heteroatoms. The lowest BCUT2D eigenvalue weighted by atomic mass is 10.1. The molecule has 0 saturated carbocycles. The molecule has 2 aromatic rings. The first-order valence-corrected chi connectivity index (χ1v) is 5.15. The fourth-order valence-electron chi connectivity index (χ4n) is 1.55. The fourth-order valence-corrected chi connectivity index (χ4v) is 1.55. The van der Waals surface area contributed by atoms with E-state index in [0.29, 0.717) is 17.0 Å². The molecule has 18 heavy (non-hydrogen) atoms. The van der Waals surface area contributed by atoms with Gasteiger partial charge in [0.15, 0.2) is 5.56 Å². The van der Waals surface area contributed by atoms with Crippen LogP contribution in [0.2, 0.25) is 0 Å². The van der Waals surface area contributed by atoms with Gasteiger partial charge in [-0.25, -0.2) is 4.79 Å². The molecule has 6 nitrogen and oxygen atoms in total. The number of carbonyl (C=O) groups excluding carboxylic acids is 1. The van der Waals surface area contributed by atoms with Crippen molar-refractivity contribution in [2.45, 2.75) is 0 Å². The summed E-state index contributed by atoms with van der Waals surface area (Å²) in [7, 11) is 2.84. The predicted molar refractivity (Wildman–Crippen MR) is 64.2 cm³/mol. The van der Waals surface area contributed by atoms with Crippen LogP contribution >= 0.6 is 0 Å². The first-order chi connectivity index (χ1) is 8.67. The first-order valence-electron chi connectivity index (χ1n) is 5.15. The highest BCUT2D eigenvalue weighted by Crippen LogP contribution is 2.28. The molecule has 1 heterocycles. The van der Waals surface area contributed by atoms with Crippen molar-refractivity contribution in [1.29, 1.82) is 0 Å². The Balaban J connectivity index is 2.47. The maximum atomic E-state index is 11.6. The molecule has 1 aromatic carbocycles. The molecule has 0 unspecified atom stereocenters. The van der Waals surface area contributed by atoms with Crippen LogP contribution in [0.3, 0.4) is 0 Å². The summed E-state index contributed by atoms with van der Waals surface area (Å²) in [6.07, 6.45) is 0. The predicted octanol–water partition coefficient (Wildman–Crippen LogP) is 1.72. The van der Waals surface area contributed by atoms with E-state index in [9.17, 15) is 4.79 Å². The molecule has 0 aliphatic carbocycles. The zero-order chi connectivity index (χ0) is 13.1. The minimum Gasteiger partial charge on any atom is -0.497 e. The van der Waals surface area contributed by atoms with Crippen LogP contribution in [0.25, 0.3) is 11.3 Å². The fraction of sp³-hybridized carbons (Fsp3) is 0.167. The van der Waals surface area contributed by atoms with Gasteiger partial charge in [-0.2, -0.15) is 0 Å². The van der Waals surface area contributed by atoms with E-state index in [1.165, 1.54) is 7.11 Å². The quantitative estimate of drug-likeness (QED) is 0.832. The summed E-state index contributed by atoms with van der Waals surface area (Å²) >= 11 is 0. The molecular formula is C12H12N2O4. The maximum Gasteiger partial charge on any atom is 0.345 e. The highest BCUT2D eigenvalue weighted by atomic mass is 16.5. The normalized spacial score (nSPS) is 10.1. The zero-order valence-electron chi connectivity index (χ0n) is 9.97. The van der Waals surface area contributed by atoms with Gasteiger partial charge in [0.1, 0.15) is 11.4 Å². The van der Waals surface area contributed by atoms with Crippen molar-refractivity contribution < 1.29 is 18.8 Å². The number of hydrogen-bond donors (Lipinski definition) is 1. The molecule has 2 N–H and O–H groups in total. The molecule has 0 fully saturated rings. The van der Waals surface area contributed by atoms with Crippen LogP contribution < -0.4 is 10.5 Å². The number of esters is 1. The number of rotatable bonds is 3. The summed E-state index contributed by atoms with van der Waals surface area (Å²) in [4.78, 5) is 11.6. The van der Waals surface area contributed by atoms with Gasteiger partial charge in [-0.15, -0.1) is 0 Å². The van der Waals surface area contributed by atoms with Gasteiger partial charge >= 0.3 is 5.97 Å².